The van der Waals surface area contributed by atoms with Crippen LogP contribution in [0.25, 0.3) is 22.4 Å². The molecule has 0 amide bonds. The van der Waals surface area contributed by atoms with Gasteiger partial charge in [-0.2, -0.15) is 13.2 Å². The summed E-state index contributed by atoms with van der Waals surface area (Å²) in [6, 6.07) is 11.7. The van der Waals surface area contributed by atoms with Gasteiger partial charge in [-0.25, -0.2) is 4.98 Å². The maximum atomic E-state index is 13.2. The van der Waals surface area contributed by atoms with E-state index in [0.29, 0.717) is 16.8 Å². The van der Waals surface area contributed by atoms with Crippen LogP contribution >= 0.6 is 0 Å². The first-order chi connectivity index (χ1) is 11.4. The number of hydrogen-bond acceptors (Lipinski definition) is 2. The van der Waals surface area contributed by atoms with Crippen molar-refractivity contribution in [2.75, 3.05) is 0 Å². The molecule has 0 aliphatic carbocycles. The Kier molecular flexibility index (Phi) is 3.97. The molecule has 122 valence electrons. The third kappa shape index (κ3) is 3.08. The summed E-state index contributed by atoms with van der Waals surface area (Å²) >= 11 is 0. The van der Waals surface area contributed by atoms with Gasteiger partial charge in [-0.1, -0.05) is 36.4 Å². The second-order valence-electron chi connectivity index (χ2n) is 5.34. The Bertz CT molecular complexity index is 945. The van der Waals surface area contributed by atoms with Crippen LogP contribution in [0.3, 0.4) is 0 Å². The third-order valence-electron chi connectivity index (χ3n) is 3.59. The predicted molar refractivity (Wildman–Crippen MR) is 85.5 cm³/mol. The maximum Gasteiger partial charge on any atom is 0.417 e. The first-order valence-corrected chi connectivity index (χ1v) is 7.19. The molecule has 0 aliphatic rings. The first-order valence-electron chi connectivity index (χ1n) is 7.19. The van der Waals surface area contributed by atoms with E-state index in [2.05, 4.69) is 9.97 Å². The lowest BCUT2D eigenvalue weighted by atomic mass is 9.97. The minimum absolute atomic E-state index is 0.0657. The molecule has 0 saturated carbocycles. The molecule has 3 nitrogen and oxygen atoms in total. The standard InChI is InChI=1S/C18H13F3N2O/c1-11-10-22-17(24)16(23-11)13-6-4-5-12(9-13)14-7-2-3-8-15(14)18(19,20)21/h2-10H,1H3,(H,22,24). The van der Waals surface area contributed by atoms with Gasteiger partial charge in [0.15, 0.2) is 0 Å². The molecule has 0 atom stereocenters. The molecule has 1 heterocycles. The van der Waals surface area contributed by atoms with Gasteiger partial charge in [0.1, 0.15) is 5.69 Å². The molecule has 3 aromatic rings. The van der Waals surface area contributed by atoms with E-state index in [-0.39, 0.29) is 16.8 Å². The first kappa shape index (κ1) is 16.0. The number of aromatic nitrogens is 2. The monoisotopic (exact) mass is 330 g/mol. The third-order valence-corrected chi connectivity index (χ3v) is 3.59. The van der Waals surface area contributed by atoms with Crippen molar-refractivity contribution in [3.8, 4) is 22.4 Å². The molecule has 0 fully saturated rings. The van der Waals surface area contributed by atoms with Crippen molar-refractivity contribution in [2.24, 2.45) is 0 Å². The van der Waals surface area contributed by atoms with E-state index in [0.717, 1.165) is 6.07 Å². The minimum Gasteiger partial charge on any atom is -0.325 e. The van der Waals surface area contributed by atoms with Crippen molar-refractivity contribution in [3.05, 3.63) is 76.3 Å². The van der Waals surface area contributed by atoms with Crippen LogP contribution in [0.2, 0.25) is 0 Å². The summed E-state index contributed by atoms with van der Waals surface area (Å²) in [6.07, 6.45) is -2.97. The fraction of sp³-hybridized carbons (Fsp3) is 0.111. The highest BCUT2D eigenvalue weighted by Crippen LogP contribution is 2.37. The van der Waals surface area contributed by atoms with Gasteiger partial charge in [-0.3, -0.25) is 4.79 Å². The van der Waals surface area contributed by atoms with Gasteiger partial charge >= 0.3 is 6.18 Å². The Morgan fingerprint density at radius 3 is 2.46 bits per heavy atom. The number of hydrogen-bond donors (Lipinski definition) is 1. The summed E-state index contributed by atoms with van der Waals surface area (Å²) in [4.78, 5) is 18.7. The summed E-state index contributed by atoms with van der Waals surface area (Å²) in [7, 11) is 0. The molecular weight excluding hydrogens is 317 g/mol. The average molecular weight is 330 g/mol. The van der Waals surface area contributed by atoms with Crippen LogP contribution in [0.4, 0.5) is 13.2 Å². The van der Waals surface area contributed by atoms with Gasteiger partial charge in [0.05, 0.1) is 11.3 Å². The van der Waals surface area contributed by atoms with Crippen molar-refractivity contribution in [1.29, 1.82) is 0 Å². The maximum absolute atomic E-state index is 13.2. The number of benzene rings is 2. The van der Waals surface area contributed by atoms with Gasteiger partial charge in [0.2, 0.25) is 0 Å². The van der Waals surface area contributed by atoms with Crippen LogP contribution in [-0.2, 0) is 6.18 Å². The van der Waals surface area contributed by atoms with E-state index in [1.165, 1.54) is 18.3 Å². The number of H-pyrrole nitrogens is 1. The Balaban J connectivity index is 2.17. The van der Waals surface area contributed by atoms with E-state index in [4.69, 9.17) is 0 Å². The van der Waals surface area contributed by atoms with Gasteiger partial charge in [0, 0.05) is 11.8 Å². The SMILES string of the molecule is Cc1c[nH]c(=O)c(-c2cccc(-c3ccccc3C(F)(F)F)c2)n1. The molecule has 3 rings (SSSR count). The van der Waals surface area contributed by atoms with Gasteiger partial charge in [-0.15, -0.1) is 0 Å². The fourth-order valence-corrected chi connectivity index (χ4v) is 2.51. The van der Waals surface area contributed by atoms with Crippen molar-refractivity contribution in [3.63, 3.8) is 0 Å². The summed E-state index contributed by atoms with van der Waals surface area (Å²) in [6.45, 7) is 1.72. The molecule has 2 aromatic carbocycles. The van der Waals surface area contributed by atoms with E-state index in [1.54, 1.807) is 37.3 Å². The summed E-state index contributed by atoms with van der Waals surface area (Å²) in [5, 5.41) is 0. The lowest BCUT2D eigenvalue weighted by molar-refractivity contribution is -0.137. The molecular formula is C18H13F3N2O. The molecule has 6 heteroatoms. The smallest absolute Gasteiger partial charge is 0.325 e. The molecule has 0 spiro atoms. The van der Waals surface area contributed by atoms with Crippen LogP contribution in [-0.4, -0.2) is 9.97 Å². The van der Waals surface area contributed by atoms with Crippen LogP contribution < -0.4 is 5.56 Å². The molecule has 0 unspecified atom stereocenters. The van der Waals surface area contributed by atoms with E-state index in [9.17, 15) is 18.0 Å². The highest BCUT2D eigenvalue weighted by Gasteiger charge is 2.33. The molecule has 1 aromatic heterocycles. The number of halogens is 3. The fourth-order valence-electron chi connectivity index (χ4n) is 2.51. The molecule has 24 heavy (non-hydrogen) atoms. The molecule has 0 aliphatic heterocycles. The van der Waals surface area contributed by atoms with Crippen molar-refractivity contribution in [1.82, 2.24) is 9.97 Å². The predicted octanol–water partition coefficient (Wildman–Crippen LogP) is 4.43. The summed E-state index contributed by atoms with van der Waals surface area (Å²) in [5.41, 5.74) is 0.607. The van der Waals surface area contributed by atoms with Crippen molar-refractivity contribution >= 4 is 0 Å². The average Bonchev–Trinajstić information content (AvgIpc) is 2.56. The quantitative estimate of drug-likeness (QED) is 0.755. The van der Waals surface area contributed by atoms with Gasteiger partial charge in [-0.05, 0) is 30.2 Å². The van der Waals surface area contributed by atoms with Crippen LogP contribution in [0.5, 0.6) is 0 Å². The topological polar surface area (TPSA) is 45.8 Å². The normalized spacial score (nSPS) is 11.5. The van der Waals surface area contributed by atoms with Crippen LogP contribution in [0.1, 0.15) is 11.3 Å². The number of rotatable bonds is 2. The molecule has 1 N–H and O–H groups in total. The lowest BCUT2D eigenvalue weighted by Crippen LogP contribution is -2.11. The molecule has 0 saturated heterocycles. The number of nitrogens with one attached hydrogen (secondary N) is 1. The Morgan fingerprint density at radius 1 is 1.00 bits per heavy atom. The summed E-state index contributed by atoms with van der Waals surface area (Å²) < 4.78 is 39.6. The van der Waals surface area contributed by atoms with E-state index < -0.39 is 11.7 Å². The van der Waals surface area contributed by atoms with Gasteiger partial charge < -0.3 is 4.98 Å². The highest BCUT2D eigenvalue weighted by molar-refractivity contribution is 5.73. The summed E-state index contributed by atoms with van der Waals surface area (Å²) in [5.74, 6) is 0. The van der Waals surface area contributed by atoms with E-state index in [1.807, 2.05) is 0 Å². The van der Waals surface area contributed by atoms with Crippen molar-refractivity contribution in [2.45, 2.75) is 13.1 Å². The number of nitrogens with zero attached hydrogens (tertiary/aromatic N) is 1. The largest absolute Gasteiger partial charge is 0.417 e. The van der Waals surface area contributed by atoms with E-state index >= 15 is 0 Å². The zero-order valence-corrected chi connectivity index (χ0v) is 12.7. The number of aryl methyl sites for hydroxylation is 1. The van der Waals surface area contributed by atoms with Crippen LogP contribution in [0, 0.1) is 6.92 Å². The number of aromatic amines is 1. The van der Waals surface area contributed by atoms with Crippen molar-refractivity contribution < 1.29 is 13.2 Å². The molecule has 0 radical (unpaired) electrons. The Morgan fingerprint density at radius 2 is 1.71 bits per heavy atom. The minimum atomic E-state index is -4.45. The zero-order valence-electron chi connectivity index (χ0n) is 12.7. The second kappa shape index (κ2) is 5.96. The molecule has 0 bridgehead atoms. The van der Waals surface area contributed by atoms with Crippen LogP contribution in [0.15, 0.2) is 59.5 Å². The Hall–Kier alpha value is -2.89. The highest BCUT2D eigenvalue weighted by atomic mass is 19.4. The zero-order chi connectivity index (χ0) is 17.3. The lowest BCUT2D eigenvalue weighted by Gasteiger charge is -2.13. The Labute approximate surface area is 135 Å². The van der Waals surface area contributed by atoms with Gasteiger partial charge in [0.25, 0.3) is 5.56 Å². The number of alkyl halides is 3. The second-order valence-corrected chi connectivity index (χ2v) is 5.34.